The van der Waals surface area contributed by atoms with Gasteiger partial charge in [0.25, 0.3) is 0 Å². The molecule has 0 spiro atoms. The molecule has 0 aliphatic heterocycles. The monoisotopic (exact) mass is 195 g/mol. The molecule has 3 N–H and O–H groups in total. The predicted molar refractivity (Wildman–Crippen MR) is 40.1 cm³/mol. The quantitative estimate of drug-likeness (QED) is 0.583. The number of hydrogen-bond donors (Lipinski definition) is 2. The van der Waals surface area contributed by atoms with Crippen LogP contribution in [0, 0.1) is 4.96 Å². The molecule has 0 rings (SSSR count). The zero-order chi connectivity index (χ0) is 8.85. The van der Waals surface area contributed by atoms with Crippen LogP contribution in [0.25, 0.3) is 0 Å². The van der Waals surface area contributed by atoms with Crippen molar-refractivity contribution in [3.8, 4) is 4.96 Å². The summed E-state index contributed by atoms with van der Waals surface area (Å²) < 4.78 is 20.4. The summed E-state index contributed by atoms with van der Waals surface area (Å²) >= 11 is 0. The molecule has 2 atom stereocenters. The molecule has 0 radical (unpaired) electrons. The van der Waals surface area contributed by atoms with Gasteiger partial charge in [-0.3, -0.25) is 0 Å². The molecule has 0 bridgehead atoms. The third-order valence-corrected chi connectivity index (χ3v) is 2.56. The SMILES string of the molecule is NC(CS(=O)C#P=O)C(=O)O. The Kier molecular flexibility index (Phi) is 5.07. The summed E-state index contributed by atoms with van der Waals surface area (Å²) in [5.41, 5.74) is 5.01. The Morgan fingerprint density at radius 1 is 1.82 bits per heavy atom. The molecule has 0 saturated heterocycles. The van der Waals surface area contributed by atoms with Crippen molar-refractivity contribution < 1.29 is 18.7 Å². The van der Waals surface area contributed by atoms with Crippen LogP contribution in [0.4, 0.5) is 0 Å². The molecule has 0 aliphatic carbocycles. The van der Waals surface area contributed by atoms with E-state index in [0.717, 1.165) is 0 Å². The molecule has 0 aromatic heterocycles. The van der Waals surface area contributed by atoms with Crippen molar-refractivity contribution in [2.24, 2.45) is 5.73 Å². The summed E-state index contributed by atoms with van der Waals surface area (Å²) in [6, 6.07) is -1.19. The van der Waals surface area contributed by atoms with Gasteiger partial charge in [0.2, 0.25) is 0 Å². The summed E-state index contributed by atoms with van der Waals surface area (Å²) in [6.07, 6.45) is 0. The molecule has 62 valence electrons. The topological polar surface area (TPSA) is 97.5 Å². The Bertz CT molecular complexity index is 271. The van der Waals surface area contributed by atoms with Crippen molar-refractivity contribution in [3.05, 3.63) is 0 Å². The third-order valence-electron chi connectivity index (χ3n) is 0.787. The molecule has 0 fully saturated rings. The summed E-state index contributed by atoms with van der Waals surface area (Å²) in [4.78, 5) is 12.0. The van der Waals surface area contributed by atoms with Crippen LogP contribution >= 0.6 is 7.92 Å². The van der Waals surface area contributed by atoms with E-state index in [9.17, 15) is 13.6 Å². The first-order valence-electron chi connectivity index (χ1n) is 2.52. The van der Waals surface area contributed by atoms with Gasteiger partial charge in [-0.05, 0) is 0 Å². The van der Waals surface area contributed by atoms with E-state index in [1.807, 2.05) is 4.96 Å². The fourth-order valence-electron chi connectivity index (χ4n) is 0.313. The van der Waals surface area contributed by atoms with Gasteiger partial charge in [0.15, 0.2) is 0 Å². The average Bonchev–Trinajstić information content (AvgIpc) is 1.87. The van der Waals surface area contributed by atoms with Crippen LogP contribution < -0.4 is 5.73 Å². The van der Waals surface area contributed by atoms with Crippen molar-refractivity contribution in [2.45, 2.75) is 6.04 Å². The zero-order valence-corrected chi connectivity index (χ0v) is 7.10. The number of carboxylic acid groups (broad SMARTS) is 1. The maximum atomic E-state index is 10.6. The maximum absolute atomic E-state index is 10.6. The van der Waals surface area contributed by atoms with Crippen LogP contribution in [0.3, 0.4) is 0 Å². The van der Waals surface area contributed by atoms with Gasteiger partial charge < -0.3 is 0 Å². The first-order chi connectivity index (χ1) is 5.07. The van der Waals surface area contributed by atoms with Crippen molar-refractivity contribution in [2.75, 3.05) is 5.75 Å². The van der Waals surface area contributed by atoms with Crippen molar-refractivity contribution in [3.63, 3.8) is 0 Å². The molecule has 0 aromatic rings. The standard InChI is InChI=1S/C4H6NO4PS/c5-3(4(6)7)1-11(9)2-10-8/h3H,1,5H2,(H,6,7). The van der Waals surface area contributed by atoms with E-state index in [1.54, 1.807) is 0 Å². The predicted octanol–water partition coefficient (Wildman–Crippen LogP) is -0.645. The second-order valence-electron chi connectivity index (χ2n) is 1.64. The van der Waals surface area contributed by atoms with Crippen LogP contribution in [0.15, 0.2) is 0 Å². The minimum absolute atomic E-state index is 0.259. The van der Waals surface area contributed by atoms with E-state index >= 15 is 0 Å². The molecule has 0 saturated carbocycles. The number of nitrogens with two attached hydrogens (primary N) is 1. The zero-order valence-electron chi connectivity index (χ0n) is 5.39. The molecule has 2 unspecified atom stereocenters. The number of aliphatic carboxylic acids is 1. The van der Waals surface area contributed by atoms with Crippen LogP contribution in [0.2, 0.25) is 0 Å². The van der Waals surface area contributed by atoms with Gasteiger partial charge in [-0.15, -0.1) is 0 Å². The van der Waals surface area contributed by atoms with Crippen molar-refractivity contribution >= 4 is 24.7 Å². The Labute approximate surface area is 66.5 Å². The van der Waals surface area contributed by atoms with Gasteiger partial charge >= 0.3 is 65.8 Å². The summed E-state index contributed by atoms with van der Waals surface area (Å²) in [7, 11) is -2.15. The molecular weight excluding hydrogens is 189 g/mol. The van der Waals surface area contributed by atoms with Gasteiger partial charge in [-0.25, -0.2) is 0 Å². The fraction of sp³-hybridized carbons (Fsp3) is 0.500. The second-order valence-corrected chi connectivity index (χ2v) is 3.58. The summed E-state index contributed by atoms with van der Waals surface area (Å²) in [6.45, 7) is 0. The molecule has 0 aromatic carbocycles. The van der Waals surface area contributed by atoms with E-state index in [-0.39, 0.29) is 5.75 Å². The van der Waals surface area contributed by atoms with Gasteiger partial charge in [-0.1, -0.05) is 0 Å². The third kappa shape index (κ3) is 4.93. The fourth-order valence-corrected chi connectivity index (χ4v) is 1.41. The van der Waals surface area contributed by atoms with E-state index in [0.29, 0.717) is 0 Å². The van der Waals surface area contributed by atoms with E-state index in [4.69, 9.17) is 10.8 Å². The molecule has 0 heterocycles. The Morgan fingerprint density at radius 2 is 2.36 bits per heavy atom. The first-order valence-corrected chi connectivity index (χ1v) is 4.65. The number of hydrogen-bond acceptors (Lipinski definition) is 4. The molecule has 7 heteroatoms. The second kappa shape index (κ2) is 5.27. The van der Waals surface area contributed by atoms with E-state index in [1.165, 1.54) is 0 Å². The van der Waals surface area contributed by atoms with Gasteiger partial charge in [0.1, 0.15) is 0 Å². The Balaban J connectivity index is 4.02. The van der Waals surface area contributed by atoms with E-state index in [2.05, 4.69) is 0 Å². The van der Waals surface area contributed by atoms with E-state index < -0.39 is 30.7 Å². The minimum atomic E-state index is -1.65. The summed E-state index contributed by atoms with van der Waals surface area (Å²) in [5.74, 6) is -1.49. The first kappa shape index (κ1) is 10.6. The molecule has 11 heavy (non-hydrogen) atoms. The number of carboxylic acids is 1. The van der Waals surface area contributed by atoms with Gasteiger partial charge in [-0.2, -0.15) is 0 Å². The molecule has 0 amide bonds. The van der Waals surface area contributed by atoms with Crippen LogP contribution in [-0.4, -0.2) is 27.1 Å². The van der Waals surface area contributed by atoms with Crippen LogP contribution in [0.5, 0.6) is 0 Å². The van der Waals surface area contributed by atoms with Crippen molar-refractivity contribution in [1.29, 1.82) is 0 Å². The molecule has 5 nitrogen and oxygen atoms in total. The van der Waals surface area contributed by atoms with Crippen LogP contribution in [0.1, 0.15) is 0 Å². The molecule has 0 aliphatic rings. The summed E-state index contributed by atoms with van der Waals surface area (Å²) in [5, 5.41) is 8.23. The van der Waals surface area contributed by atoms with Crippen LogP contribution in [-0.2, 0) is 20.2 Å². The van der Waals surface area contributed by atoms with Gasteiger partial charge in [0, 0.05) is 0 Å². The Morgan fingerprint density at radius 3 is 2.73 bits per heavy atom. The normalized spacial score (nSPS) is 14.6. The average molecular weight is 195 g/mol. The molecular formula is C4H6NO4PS. The number of rotatable bonds is 3. The van der Waals surface area contributed by atoms with Gasteiger partial charge in [0.05, 0.1) is 0 Å². The number of carbonyl (C=O) groups is 1. The Hall–Kier alpha value is -0.410. The van der Waals surface area contributed by atoms with Crippen molar-refractivity contribution in [1.82, 2.24) is 0 Å².